The first-order valence-electron chi connectivity index (χ1n) is 11.6. The molecular weight excluding hydrogens is 474 g/mol. The zero-order chi connectivity index (χ0) is 25.8. The van der Waals surface area contributed by atoms with Crippen molar-refractivity contribution < 1.29 is 19.1 Å². The van der Waals surface area contributed by atoms with E-state index in [2.05, 4.69) is 11.1 Å². The Labute approximate surface area is 214 Å². The van der Waals surface area contributed by atoms with Crippen LogP contribution in [0.5, 0.6) is 5.75 Å². The Hall–Kier alpha value is -3.96. The molecule has 7 nitrogen and oxygen atoms in total. The molecule has 2 aromatic carbocycles. The molecule has 1 saturated heterocycles. The van der Waals surface area contributed by atoms with E-state index in [1.165, 1.54) is 4.90 Å². The number of aryl methyl sites for hydroxylation is 1. The second kappa shape index (κ2) is 10.8. The number of nitrogens with zero attached hydrogens (tertiary/aromatic N) is 3. The predicted octanol–water partition coefficient (Wildman–Crippen LogP) is 4.82. The van der Waals surface area contributed by atoms with Crippen LogP contribution in [0.1, 0.15) is 46.1 Å². The molecule has 1 fully saturated rings. The smallest absolute Gasteiger partial charge is 0.247 e. The molecule has 0 N–H and O–H groups in total. The fraction of sp³-hybridized carbons (Fsp3) is 0.250. The summed E-state index contributed by atoms with van der Waals surface area (Å²) in [6.07, 6.45) is 0.135. The molecule has 182 valence electrons. The van der Waals surface area contributed by atoms with Crippen LogP contribution in [-0.4, -0.2) is 34.4 Å². The van der Waals surface area contributed by atoms with Gasteiger partial charge in [-0.3, -0.25) is 14.4 Å². The normalized spacial score (nSPS) is 15.2. The highest BCUT2D eigenvalue weighted by atomic mass is 32.2. The third-order valence-corrected chi connectivity index (χ3v) is 7.23. The first-order valence-corrected chi connectivity index (χ1v) is 12.5. The van der Waals surface area contributed by atoms with Crippen molar-refractivity contribution in [2.45, 2.75) is 43.9 Å². The molecule has 0 unspecified atom stereocenters. The largest absolute Gasteiger partial charge is 0.494 e. The van der Waals surface area contributed by atoms with E-state index in [1.807, 2.05) is 25.1 Å². The summed E-state index contributed by atoms with van der Waals surface area (Å²) in [6, 6.07) is 18.0. The van der Waals surface area contributed by atoms with E-state index in [-0.39, 0.29) is 30.4 Å². The lowest BCUT2D eigenvalue weighted by Gasteiger charge is -2.17. The van der Waals surface area contributed by atoms with Crippen molar-refractivity contribution in [3.05, 3.63) is 82.5 Å². The Bertz CT molecular complexity index is 1360. The molecule has 4 rings (SSSR count). The minimum Gasteiger partial charge on any atom is -0.494 e. The van der Waals surface area contributed by atoms with Gasteiger partial charge in [0.05, 0.1) is 23.1 Å². The van der Waals surface area contributed by atoms with E-state index in [1.54, 1.807) is 50.2 Å². The number of thioether (sulfide) groups is 1. The standard InChI is InChI=1S/C28H25N3O4S/c1-4-35-21-12-10-20(11-13-21)31-26(33)15-25(28(31)34)36-27-23(16-29)17(2)22(18(3)30-27)14-24(32)19-8-6-5-7-9-19/h5-13,25H,4,14-15H2,1-3H3/t25-/m0/s1. The number of hydrogen-bond donors (Lipinski definition) is 0. The number of ketones is 1. The molecule has 0 aliphatic carbocycles. The van der Waals surface area contributed by atoms with Gasteiger partial charge in [-0.2, -0.15) is 5.26 Å². The zero-order valence-corrected chi connectivity index (χ0v) is 21.1. The van der Waals surface area contributed by atoms with Crippen molar-refractivity contribution in [1.29, 1.82) is 5.26 Å². The number of benzene rings is 2. The number of rotatable bonds is 8. The highest BCUT2D eigenvalue weighted by Crippen LogP contribution is 2.36. The van der Waals surface area contributed by atoms with Crippen LogP contribution in [0.3, 0.4) is 0 Å². The van der Waals surface area contributed by atoms with Crippen LogP contribution in [0.25, 0.3) is 0 Å². The first-order chi connectivity index (χ1) is 17.3. The number of amides is 2. The van der Waals surface area contributed by atoms with E-state index >= 15 is 0 Å². The molecule has 1 aliphatic heterocycles. The molecule has 0 radical (unpaired) electrons. The molecule has 8 heteroatoms. The van der Waals surface area contributed by atoms with Gasteiger partial charge in [-0.25, -0.2) is 9.88 Å². The molecule has 0 saturated carbocycles. The van der Waals surface area contributed by atoms with Crippen LogP contribution >= 0.6 is 11.8 Å². The van der Waals surface area contributed by atoms with Crippen LogP contribution in [0.15, 0.2) is 59.6 Å². The number of pyridine rings is 1. The number of hydrogen-bond acceptors (Lipinski definition) is 7. The highest BCUT2D eigenvalue weighted by Gasteiger charge is 2.41. The Morgan fingerprint density at radius 1 is 1.14 bits per heavy atom. The number of Topliss-reactive ketones (excluding diaryl/α,β-unsaturated/α-hetero) is 1. The van der Waals surface area contributed by atoms with Crippen LogP contribution in [0.2, 0.25) is 0 Å². The van der Waals surface area contributed by atoms with Crippen molar-refractivity contribution in [3.63, 3.8) is 0 Å². The monoisotopic (exact) mass is 499 g/mol. The van der Waals surface area contributed by atoms with Crippen molar-refractivity contribution in [2.24, 2.45) is 0 Å². The summed E-state index contributed by atoms with van der Waals surface area (Å²) in [5.41, 5.74) is 3.39. The van der Waals surface area contributed by atoms with Gasteiger partial charge in [0.15, 0.2) is 5.78 Å². The molecule has 0 bridgehead atoms. The topological polar surface area (TPSA) is 100 Å². The molecule has 2 amide bonds. The maximum atomic E-state index is 13.2. The van der Waals surface area contributed by atoms with Crippen molar-refractivity contribution in [3.8, 4) is 11.8 Å². The van der Waals surface area contributed by atoms with Crippen molar-refractivity contribution in [2.75, 3.05) is 11.5 Å². The lowest BCUT2D eigenvalue weighted by molar-refractivity contribution is -0.121. The van der Waals surface area contributed by atoms with Gasteiger partial charge < -0.3 is 4.74 Å². The summed E-state index contributed by atoms with van der Waals surface area (Å²) in [6.45, 7) is 5.98. The Balaban J connectivity index is 1.57. The Morgan fingerprint density at radius 3 is 2.47 bits per heavy atom. The van der Waals surface area contributed by atoms with Gasteiger partial charge in [0.25, 0.3) is 0 Å². The van der Waals surface area contributed by atoms with Gasteiger partial charge >= 0.3 is 0 Å². The van der Waals surface area contributed by atoms with E-state index in [0.717, 1.165) is 11.8 Å². The minimum absolute atomic E-state index is 0.00952. The first kappa shape index (κ1) is 25.1. The van der Waals surface area contributed by atoms with Crippen LogP contribution < -0.4 is 9.64 Å². The Morgan fingerprint density at radius 2 is 1.83 bits per heavy atom. The minimum atomic E-state index is -0.695. The summed E-state index contributed by atoms with van der Waals surface area (Å²) in [7, 11) is 0. The number of imide groups is 1. The molecule has 1 aliphatic rings. The third-order valence-electron chi connectivity index (χ3n) is 6.06. The number of nitriles is 1. The molecular formula is C28H25N3O4S. The fourth-order valence-electron chi connectivity index (χ4n) is 4.18. The average Bonchev–Trinajstić information content (AvgIpc) is 3.15. The summed E-state index contributed by atoms with van der Waals surface area (Å²) in [5, 5.41) is 9.59. The SMILES string of the molecule is CCOc1ccc(N2C(=O)C[C@H](Sc3nc(C)c(CC(=O)c4ccccc4)c(C)c3C#N)C2=O)cc1. The lowest BCUT2D eigenvalue weighted by Crippen LogP contribution is -2.31. The second-order valence-electron chi connectivity index (χ2n) is 8.36. The van der Waals surface area contributed by atoms with E-state index in [0.29, 0.717) is 51.0 Å². The summed E-state index contributed by atoms with van der Waals surface area (Å²) >= 11 is 1.12. The van der Waals surface area contributed by atoms with Gasteiger partial charge in [0.2, 0.25) is 11.8 Å². The quantitative estimate of drug-likeness (QED) is 0.324. The maximum Gasteiger partial charge on any atom is 0.247 e. The van der Waals surface area contributed by atoms with E-state index < -0.39 is 5.25 Å². The number of aromatic nitrogens is 1. The molecule has 3 aromatic rings. The van der Waals surface area contributed by atoms with E-state index in [4.69, 9.17) is 4.74 Å². The molecule has 2 heterocycles. The average molecular weight is 500 g/mol. The second-order valence-corrected chi connectivity index (χ2v) is 9.56. The third kappa shape index (κ3) is 5.02. The van der Waals surface area contributed by atoms with Crippen LogP contribution in [-0.2, 0) is 16.0 Å². The molecule has 36 heavy (non-hydrogen) atoms. The Kier molecular flexibility index (Phi) is 7.51. The summed E-state index contributed by atoms with van der Waals surface area (Å²) in [5.74, 6) is -0.0569. The van der Waals surface area contributed by atoms with Crippen molar-refractivity contribution >= 4 is 35.0 Å². The van der Waals surface area contributed by atoms with Gasteiger partial charge in [-0.1, -0.05) is 42.1 Å². The number of ether oxygens (including phenoxy) is 1. The molecule has 0 spiro atoms. The molecule has 1 aromatic heterocycles. The van der Waals surface area contributed by atoms with E-state index in [9.17, 15) is 19.6 Å². The van der Waals surface area contributed by atoms with Gasteiger partial charge in [0, 0.05) is 24.1 Å². The van der Waals surface area contributed by atoms with Crippen LogP contribution in [0.4, 0.5) is 5.69 Å². The lowest BCUT2D eigenvalue weighted by atomic mass is 9.96. The summed E-state index contributed by atoms with van der Waals surface area (Å²) < 4.78 is 5.43. The zero-order valence-electron chi connectivity index (χ0n) is 20.3. The van der Waals surface area contributed by atoms with Crippen molar-refractivity contribution in [1.82, 2.24) is 4.98 Å². The predicted molar refractivity (Wildman–Crippen MR) is 137 cm³/mol. The van der Waals surface area contributed by atoms with Crippen LogP contribution in [0, 0.1) is 25.2 Å². The molecule has 1 atom stereocenters. The maximum absolute atomic E-state index is 13.2. The van der Waals surface area contributed by atoms with Gasteiger partial charge in [-0.15, -0.1) is 0 Å². The number of anilines is 1. The summed E-state index contributed by atoms with van der Waals surface area (Å²) in [4.78, 5) is 44.4. The fourth-order valence-corrected chi connectivity index (χ4v) is 5.39. The number of carbonyl (C=O) groups excluding carboxylic acids is 3. The number of carbonyl (C=O) groups is 3. The van der Waals surface area contributed by atoms with Gasteiger partial charge in [-0.05, 0) is 56.2 Å². The highest BCUT2D eigenvalue weighted by molar-refractivity contribution is 8.00. The van der Waals surface area contributed by atoms with Gasteiger partial charge in [0.1, 0.15) is 16.8 Å².